The summed E-state index contributed by atoms with van der Waals surface area (Å²) in [5.41, 5.74) is 4.11. The van der Waals surface area contributed by atoms with Gasteiger partial charge in [0.1, 0.15) is 5.82 Å². The molecule has 1 saturated carbocycles. The largest absolute Gasteiger partial charge is 0.206 e. The van der Waals surface area contributed by atoms with Crippen molar-refractivity contribution in [3.8, 4) is 0 Å². The lowest BCUT2D eigenvalue weighted by Crippen LogP contribution is -2.17. The first-order chi connectivity index (χ1) is 10.5. The summed E-state index contributed by atoms with van der Waals surface area (Å²) < 4.78 is 14.9. The second-order valence-corrected chi connectivity index (χ2v) is 7.14. The normalized spacial score (nSPS) is 17.7. The molecule has 0 N–H and O–H groups in total. The monoisotopic (exact) mass is 302 g/mol. The molecule has 0 bridgehead atoms. The van der Waals surface area contributed by atoms with E-state index in [9.17, 15) is 4.39 Å². The molecule has 0 heterocycles. The summed E-state index contributed by atoms with van der Waals surface area (Å²) in [6.45, 7) is 12.4. The Morgan fingerprint density at radius 1 is 1.23 bits per heavy atom. The Kier molecular flexibility index (Phi) is 5.83. The van der Waals surface area contributed by atoms with E-state index in [-0.39, 0.29) is 5.82 Å². The van der Waals surface area contributed by atoms with Crippen LogP contribution in [-0.4, -0.2) is 0 Å². The lowest BCUT2D eigenvalue weighted by molar-refractivity contribution is 0.331. The molecule has 0 aliphatic heterocycles. The van der Waals surface area contributed by atoms with Gasteiger partial charge in [-0.3, -0.25) is 0 Å². The molecule has 1 aliphatic carbocycles. The molecule has 0 amide bonds. The van der Waals surface area contributed by atoms with E-state index in [0.717, 1.165) is 23.1 Å². The Bertz CT molecular complexity index is 521. The van der Waals surface area contributed by atoms with E-state index < -0.39 is 0 Å². The highest BCUT2D eigenvalue weighted by molar-refractivity contribution is 5.44. The third-order valence-corrected chi connectivity index (χ3v) is 5.43. The lowest BCUT2D eigenvalue weighted by Gasteiger charge is -2.31. The van der Waals surface area contributed by atoms with Gasteiger partial charge in [-0.2, -0.15) is 0 Å². The maximum absolute atomic E-state index is 14.9. The van der Waals surface area contributed by atoms with Gasteiger partial charge in [-0.25, -0.2) is 4.39 Å². The van der Waals surface area contributed by atoms with E-state index in [1.165, 1.54) is 37.7 Å². The summed E-state index contributed by atoms with van der Waals surface area (Å²) >= 11 is 0. The molecule has 0 radical (unpaired) electrons. The summed E-state index contributed by atoms with van der Waals surface area (Å²) in [5.74, 6) is 1.32. The van der Waals surface area contributed by atoms with E-state index in [1.807, 2.05) is 6.92 Å². The summed E-state index contributed by atoms with van der Waals surface area (Å²) in [6, 6.07) is 2.28. The minimum absolute atomic E-state index is 0.0198. The van der Waals surface area contributed by atoms with E-state index >= 15 is 0 Å². The topological polar surface area (TPSA) is 0 Å². The minimum atomic E-state index is 0.0198. The van der Waals surface area contributed by atoms with Crippen molar-refractivity contribution in [2.75, 3.05) is 0 Å². The van der Waals surface area contributed by atoms with Crippen molar-refractivity contribution in [3.05, 3.63) is 46.8 Å². The second kappa shape index (κ2) is 7.44. The van der Waals surface area contributed by atoms with Gasteiger partial charge < -0.3 is 0 Å². The summed E-state index contributed by atoms with van der Waals surface area (Å²) in [5, 5.41) is 0. The Morgan fingerprint density at radius 3 is 2.36 bits per heavy atom. The molecule has 0 spiro atoms. The average molecular weight is 302 g/mol. The standard InChI is InChI=1S/C21H31F/c1-6-17(16-11-9-8-10-12-16)20-13-19(14(3)4)15(5)21(22)18(20)7-2/h6,13-14,16-17H,1,7-12H2,2-5H3. The van der Waals surface area contributed by atoms with Crippen LogP contribution in [0.15, 0.2) is 18.7 Å². The van der Waals surface area contributed by atoms with Crippen molar-refractivity contribution in [3.63, 3.8) is 0 Å². The first-order valence-corrected chi connectivity index (χ1v) is 8.95. The van der Waals surface area contributed by atoms with Crippen LogP contribution < -0.4 is 0 Å². The predicted octanol–water partition coefficient (Wildman–Crippen LogP) is 6.67. The highest BCUT2D eigenvalue weighted by Crippen LogP contribution is 2.40. The number of rotatable bonds is 5. The molecule has 1 aromatic carbocycles. The molecule has 1 unspecified atom stereocenters. The Labute approximate surface area is 135 Å². The first kappa shape index (κ1) is 17.2. The van der Waals surface area contributed by atoms with Gasteiger partial charge in [0.25, 0.3) is 0 Å². The molecule has 0 aromatic heterocycles. The molecular formula is C21H31F. The number of allylic oxidation sites excluding steroid dienone is 1. The molecule has 1 aliphatic rings. The average Bonchev–Trinajstić information content (AvgIpc) is 2.52. The van der Waals surface area contributed by atoms with Crippen LogP contribution in [-0.2, 0) is 6.42 Å². The molecule has 22 heavy (non-hydrogen) atoms. The van der Waals surface area contributed by atoms with Gasteiger partial charge in [0.2, 0.25) is 0 Å². The third kappa shape index (κ3) is 3.29. The number of benzene rings is 1. The van der Waals surface area contributed by atoms with Gasteiger partial charge in [0.05, 0.1) is 0 Å². The van der Waals surface area contributed by atoms with Gasteiger partial charge in [0, 0.05) is 5.92 Å². The maximum Gasteiger partial charge on any atom is 0.129 e. The number of hydrogen-bond acceptors (Lipinski definition) is 0. The molecule has 1 fully saturated rings. The van der Waals surface area contributed by atoms with Crippen molar-refractivity contribution < 1.29 is 4.39 Å². The molecule has 0 nitrogen and oxygen atoms in total. The zero-order valence-electron chi connectivity index (χ0n) is 14.7. The SMILES string of the molecule is C=CC(c1cc(C(C)C)c(C)c(F)c1CC)C1CCCCC1. The van der Waals surface area contributed by atoms with Crippen molar-refractivity contribution in [1.82, 2.24) is 0 Å². The van der Waals surface area contributed by atoms with Crippen LogP contribution in [0.2, 0.25) is 0 Å². The highest BCUT2D eigenvalue weighted by Gasteiger charge is 2.27. The first-order valence-electron chi connectivity index (χ1n) is 8.95. The zero-order valence-corrected chi connectivity index (χ0v) is 14.7. The quantitative estimate of drug-likeness (QED) is 0.533. The van der Waals surface area contributed by atoms with Crippen molar-refractivity contribution in [2.45, 2.75) is 78.1 Å². The van der Waals surface area contributed by atoms with Gasteiger partial charge >= 0.3 is 0 Å². The molecule has 1 atom stereocenters. The summed E-state index contributed by atoms with van der Waals surface area (Å²) in [7, 11) is 0. The van der Waals surface area contributed by atoms with Crippen LogP contribution in [0.3, 0.4) is 0 Å². The fourth-order valence-electron chi connectivity index (χ4n) is 4.17. The number of halogens is 1. The van der Waals surface area contributed by atoms with Gasteiger partial charge in [-0.1, -0.05) is 52.2 Å². The maximum atomic E-state index is 14.9. The van der Waals surface area contributed by atoms with Crippen LogP contribution in [0.5, 0.6) is 0 Å². The summed E-state index contributed by atoms with van der Waals surface area (Å²) in [6.07, 6.45) is 9.31. The minimum Gasteiger partial charge on any atom is -0.206 e. The van der Waals surface area contributed by atoms with E-state index in [4.69, 9.17) is 0 Å². The number of hydrogen-bond donors (Lipinski definition) is 0. The van der Waals surface area contributed by atoms with Crippen LogP contribution >= 0.6 is 0 Å². The lowest BCUT2D eigenvalue weighted by atomic mass is 9.74. The second-order valence-electron chi connectivity index (χ2n) is 7.14. The van der Waals surface area contributed by atoms with Crippen LogP contribution in [0, 0.1) is 18.7 Å². The van der Waals surface area contributed by atoms with Crippen molar-refractivity contribution in [2.24, 2.45) is 5.92 Å². The third-order valence-electron chi connectivity index (χ3n) is 5.43. The van der Waals surface area contributed by atoms with Crippen LogP contribution in [0.25, 0.3) is 0 Å². The predicted molar refractivity (Wildman–Crippen MR) is 94.1 cm³/mol. The zero-order chi connectivity index (χ0) is 16.3. The highest BCUT2D eigenvalue weighted by atomic mass is 19.1. The fourth-order valence-corrected chi connectivity index (χ4v) is 4.17. The smallest absolute Gasteiger partial charge is 0.129 e. The van der Waals surface area contributed by atoms with Gasteiger partial charge in [-0.15, -0.1) is 6.58 Å². The Morgan fingerprint density at radius 2 is 1.86 bits per heavy atom. The molecule has 1 aromatic rings. The fraction of sp³-hybridized carbons (Fsp3) is 0.619. The molecule has 2 rings (SSSR count). The Hall–Kier alpha value is -1.11. The van der Waals surface area contributed by atoms with E-state index in [0.29, 0.717) is 17.8 Å². The molecule has 0 saturated heterocycles. The molecule has 122 valence electrons. The van der Waals surface area contributed by atoms with E-state index in [2.05, 4.69) is 39.5 Å². The van der Waals surface area contributed by atoms with Gasteiger partial charge in [0.15, 0.2) is 0 Å². The van der Waals surface area contributed by atoms with Crippen molar-refractivity contribution >= 4 is 0 Å². The molecule has 1 heteroatoms. The Balaban J connectivity index is 2.52. The van der Waals surface area contributed by atoms with Crippen LogP contribution in [0.4, 0.5) is 4.39 Å². The van der Waals surface area contributed by atoms with Crippen LogP contribution in [0.1, 0.15) is 87.0 Å². The molecular weight excluding hydrogens is 271 g/mol. The van der Waals surface area contributed by atoms with Crippen molar-refractivity contribution in [1.29, 1.82) is 0 Å². The van der Waals surface area contributed by atoms with Gasteiger partial charge in [-0.05, 0) is 60.3 Å². The van der Waals surface area contributed by atoms with E-state index in [1.54, 1.807) is 0 Å². The summed E-state index contributed by atoms with van der Waals surface area (Å²) in [4.78, 5) is 0.